The molecule has 0 radical (unpaired) electrons. The lowest BCUT2D eigenvalue weighted by Gasteiger charge is -2.17. The molecule has 1 atom stereocenters. The van der Waals surface area contributed by atoms with E-state index in [9.17, 15) is 4.79 Å². The number of nitrogens with zero attached hydrogens (tertiary/aromatic N) is 1. The minimum absolute atomic E-state index is 0.277. The Kier molecular flexibility index (Phi) is 5.88. The van der Waals surface area contributed by atoms with Crippen LogP contribution < -0.4 is 15.4 Å². The zero-order chi connectivity index (χ0) is 19.4. The minimum Gasteiger partial charge on any atom is -0.480 e. The van der Waals surface area contributed by atoms with Gasteiger partial charge in [-0.2, -0.15) is 0 Å². The predicted molar refractivity (Wildman–Crippen MR) is 114 cm³/mol. The maximum absolute atomic E-state index is 11.1. The molecule has 4 N–H and O–H groups in total. The van der Waals surface area contributed by atoms with Crippen molar-refractivity contribution in [2.75, 3.05) is 23.7 Å². The molecule has 0 saturated heterocycles. The molecule has 0 aliphatic carbocycles. The first-order chi connectivity index (χ1) is 13.0. The van der Waals surface area contributed by atoms with E-state index in [0.29, 0.717) is 0 Å². The number of nitrogens with one attached hydrogen (secondary N) is 1. The van der Waals surface area contributed by atoms with E-state index in [0.717, 1.165) is 16.1 Å². The van der Waals surface area contributed by atoms with Gasteiger partial charge < -0.3 is 20.5 Å². The molecule has 0 amide bonds. The monoisotopic (exact) mass is 381 g/mol. The largest absolute Gasteiger partial charge is 0.480 e. The average molecular weight is 382 g/mol. The number of hydrogen-bond donors (Lipinski definition) is 3. The van der Waals surface area contributed by atoms with E-state index in [1.165, 1.54) is 28.4 Å². The van der Waals surface area contributed by atoms with Crippen LogP contribution in [0.1, 0.15) is 5.56 Å². The smallest absolute Gasteiger partial charge is 0.320 e. The Morgan fingerprint density at radius 2 is 1.78 bits per heavy atom. The first-order valence-electron chi connectivity index (χ1n) is 8.65. The Morgan fingerprint density at radius 1 is 1.07 bits per heavy atom. The molecule has 3 aromatic carbocycles. The van der Waals surface area contributed by atoms with Gasteiger partial charge in [0, 0.05) is 42.2 Å². The van der Waals surface area contributed by atoms with Crippen LogP contribution in [0.25, 0.3) is 10.8 Å². The highest BCUT2D eigenvalue weighted by Gasteiger charge is 2.14. The predicted octanol–water partition coefficient (Wildman–Crippen LogP) is 3.98. The number of anilines is 2. The number of carboxylic acids is 1. The van der Waals surface area contributed by atoms with Crippen molar-refractivity contribution in [3.63, 3.8) is 0 Å². The molecule has 0 fully saturated rings. The third-order valence-corrected chi connectivity index (χ3v) is 5.28. The molecule has 0 aromatic heterocycles. The van der Waals surface area contributed by atoms with Crippen molar-refractivity contribution in [3.8, 4) is 0 Å². The fourth-order valence-electron chi connectivity index (χ4n) is 2.98. The summed E-state index contributed by atoms with van der Waals surface area (Å²) < 4.78 is 3.37. The van der Waals surface area contributed by atoms with Crippen LogP contribution >= 0.6 is 11.9 Å². The van der Waals surface area contributed by atoms with Gasteiger partial charge >= 0.3 is 5.97 Å². The highest BCUT2D eigenvalue weighted by molar-refractivity contribution is 8.00. The molecule has 140 valence electrons. The summed E-state index contributed by atoms with van der Waals surface area (Å²) in [4.78, 5) is 14.3. The van der Waals surface area contributed by atoms with E-state index in [1.54, 1.807) is 0 Å². The SMILES string of the molecule is CN(C)c1cccc2c(SNc3ccccc3CC(N)C(=O)O)cccc12. The molecule has 3 aromatic rings. The molecule has 3 rings (SSSR count). The van der Waals surface area contributed by atoms with Crippen LogP contribution in [0.4, 0.5) is 11.4 Å². The molecular weight excluding hydrogens is 358 g/mol. The van der Waals surface area contributed by atoms with Gasteiger partial charge in [-0.15, -0.1) is 0 Å². The highest BCUT2D eigenvalue weighted by atomic mass is 32.2. The van der Waals surface area contributed by atoms with Gasteiger partial charge in [0.15, 0.2) is 0 Å². The van der Waals surface area contributed by atoms with Crippen LogP contribution in [-0.2, 0) is 11.2 Å². The van der Waals surface area contributed by atoms with Gasteiger partial charge in [0.2, 0.25) is 0 Å². The van der Waals surface area contributed by atoms with Crippen LogP contribution in [0.2, 0.25) is 0 Å². The van der Waals surface area contributed by atoms with Crippen molar-refractivity contribution < 1.29 is 9.90 Å². The van der Waals surface area contributed by atoms with Crippen LogP contribution in [0.3, 0.4) is 0 Å². The molecule has 6 heteroatoms. The number of hydrogen-bond acceptors (Lipinski definition) is 5. The van der Waals surface area contributed by atoms with E-state index in [4.69, 9.17) is 10.8 Å². The summed E-state index contributed by atoms with van der Waals surface area (Å²) in [5.74, 6) is -0.997. The van der Waals surface area contributed by atoms with Gasteiger partial charge in [0.1, 0.15) is 6.04 Å². The average Bonchev–Trinajstić information content (AvgIpc) is 2.66. The van der Waals surface area contributed by atoms with Gasteiger partial charge in [-0.1, -0.05) is 42.5 Å². The third-order valence-electron chi connectivity index (χ3n) is 4.39. The second-order valence-electron chi connectivity index (χ2n) is 6.53. The van der Waals surface area contributed by atoms with Gasteiger partial charge in [0.05, 0.1) is 0 Å². The summed E-state index contributed by atoms with van der Waals surface area (Å²) >= 11 is 1.52. The number of fused-ring (bicyclic) bond motifs is 1. The number of rotatable bonds is 7. The third kappa shape index (κ3) is 4.35. The Balaban J connectivity index is 1.86. The maximum Gasteiger partial charge on any atom is 0.320 e. The van der Waals surface area contributed by atoms with Crippen LogP contribution in [-0.4, -0.2) is 31.2 Å². The van der Waals surface area contributed by atoms with Crippen molar-refractivity contribution >= 4 is 40.1 Å². The Morgan fingerprint density at radius 3 is 2.52 bits per heavy atom. The highest BCUT2D eigenvalue weighted by Crippen LogP contribution is 2.34. The quantitative estimate of drug-likeness (QED) is 0.537. The standard InChI is InChI=1S/C21H23N3O2S/c1-24(2)19-11-5-9-16-15(19)8-6-12-20(16)27-23-18-10-4-3-7-14(18)13-17(22)21(25)26/h3-12,17,23H,13,22H2,1-2H3,(H,25,26). The molecule has 0 aliphatic rings. The molecule has 0 spiro atoms. The summed E-state index contributed by atoms with van der Waals surface area (Å²) in [6.45, 7) is 0. The van der Waals surface area contributed by atoms with E-state index in [-0.39, 0.29) is 6.42 Å². The van der Waals surface area contributed by atoms with Crippen LogP contribution in [0.15, 0.2) is 65.6 Å². The second-order valence-corrected chi connectivity index (χ2v) is 7.38. The Labute approximate surface area is 163 Å². The molecule has 27 heavy (non-hydrogen) atoms. The van der Waals surface area contributed by atoms with Crippen molar-refractivity contribution in [3.05, 3.63) is 66.2 Å². The Hall–Kier alpha value is -2.70. The molecule has 0 aliphatic heterocycles. The molecule has 0 heterocycles. The minimum atomic E-state index is -0.997. The second kappa shape index (κ2) is 8.33. The molecule has 0 saturated carbocycles. The van der Waals surface area contributed by atoms with Crippen molar-refractivity contribution in [1.82, 2.24) is 0 Å². The fraction of sp³-hybridized carbons (Fsp3) is 0.190. The van der Waals surface area contributed by atoms with Gasteiger partial charge in [0.25, 0.3) is 0 Å². The summed E-state index contributed by atoms with van der Waals surface area (Å²) in [7, 11) is 4.07. The molecule has 1 unspecified atom stereocenters. The van der Waals surface area contributed by atoms with Crippen LogP contribution in [0, 0.1) is 0 Å². The first-order valence-corrected chi connectivity index (χ1v) is 9.47. The van der Waals surface area contributed by atoms with E-state index >= 15 is 0 Å². The summed E-state index contributed by atoms with van der Waals surface area (Å²) in [5, 5.41) is 11.4. The maximum atomic E-state index is 11.1. The van der Waals surface area contributed by atoms with E-state index in [2.05, 4.69) is 40.0 Å². The number of nitrogens with two attached hydrogens (primary N) is 1. The lowest BCUT2D eigenvalue weighted by atomic mass is 10.1. The Bertz CT molecular complexity index is 959. The first kappa shape index (κ1) is 19.1. The normalized spacial score (nSPS) is 12.0. The van der Waals surface area contributed by atoms with Gasteiger partial charge in [-0.3, -0.25) is 4.79 Å². The topological polar surface area (TPSA) is 78.6 Å². The summed E-state index contributed by atoms with van der Waals surface area (Å²) in [5.41, 5.74) is 8.63. The molecule has 0 bridgehead atoms. The van der Waals surface area contributed by atoms with Crippen LogP contribution in [0.5, 0.6) is 0 Å². The number of carboxylic acid groups (broad SMARTS) is 1. The zero-order valence-electron chi connectivity index (χ0n) is 15.3. The van der Waals surface area contributed by atoms with E-state index in [1.807, 2.05) is 44.4 Å². The number of para-hydroxylation sites is 1. The number of benzene rings is 3. The summed E-state index contributed by atoms with van der Waals surface area (Å²) in [6, 6.07) is 19.2. The molecule has 5 nitrogen and oxygen atoms in total. The lowest BCUT2D eigenvalue weighted by molar-refractivity contribution is -0.138. The number of aliphatic carboxylic acids is 1. The summed E-state index contributed by atoms with van der Waals surface area (Å²) in [6.07, 6.45) is 0.277. The van der Waals surface area contributed by atoms with Crippen molar-refractivity contribution in [1.29, 1.82) is 0 Å². The number of carbonyl (C=O) groups is 1. The van der Waals surface area contributed by atoms with Gasteiger partial charge in [-0.25, -0.2) is 0 Å². The van der Waals surface area contributed by atoms with Crippen molar-refractivity contribution in [2.45, 2.75) is 17.4 Å². The molecular formula is C21H23N3O2S. The van der Waals surface area contributed by atoms with Gasteiger partial charge in [-0.05, 0) is 41.1 Å². The van der Waals surface area contributed by atoms with E-state index < -0.39 is 12.0 Å². The lowest BCUT2D eigenvalue weighted by Crippen LogP contribution is -2.32. The zero-order valence-corrected chi connectivity index (χ0v) is 16.2. The fourth-order valence-corrected chi connectivity index (χ4v) is 3.83. The van der Waals surface area contributed by atoms with Crippen molar-refractivity contribution in [2.24, 2.45) is 5.73 Å².